The van der Waals surface area contributed by atoms with Crippen molar-refractivity contribution in [2.45, 2.75) is 26.7 Å². The molecule has 0 saturated carbocycles. The number of unbranched alkanes of at least 4 members (excludes halogenated alkanes) is 1. The topological polar surface area (TPSA) is 3.24 Å². The van der Waals surface area contributed by atoms with E-state index in [4.69, 9.17) is 0 Å². The summed E-state index contributed by atoms with van der Waals surface area (Å²) in [4.78, 5) is 2.28. The molecule has 0 aliphatic heterocycles. The average Bonchev–Trinajstić information content (AvgIpc) is 1.98. The van der Waals surface area contributed by atoms with Crippen LogP contribution in [-0.2, 0) is 0 Å². The van der Waals surface area contributed by atoms with E-state index in [-0.39, 0.29) is 0 Å². The van der Waals surface area contributed by atoms with E-state index in [0.717, 1.165) is 13.1 Å². The van der Waals surface area contributed by atoms with Crippen molar-refractivity contribution in [2.75, 3.05) is 20.1 Å². The Kier molecular flexibility index (Phi) is 6.61. The highest BCUT2D eigenvalue weighted by Crippen LogP contribution is 1.89. The first-order chi connectivity index (χ1) is 4.81. The zero-order chi connectivity index (χ0) is 7.82. The molecule has 1 heteroatoms. The summed E-state index contributed by atoms with van der Waals surface area (Å²) in [5.41, 5.74) is 0. The van der Waals surface area contributed by atoms with Gasteiger partial charge in [0, 0.05) is 6.54 Å². The minimum atomic E-state index is 1.09. The van der Waals surface area contributed by atoms with Gasteiger partial charge in [-0.1, -0.05) is 32.4 Å². The van der Waals surface area contributed by atoms with Gasteiger partial charge in [0.15, 0.2) is 0 Å². The lowest BCUT2D eigenvalue weighted by Gasteiger charge is -2.09. The van der Waals surface area contributed by atoms with E-state index in [0.29, 0.717) is 0 Å². The van der Waals surface area contributed by atoms with Gasteiger partial charge in [-0.05, 0) is 20.0 Å². The Labute approximate surface area is 64.7 Å². The Hall–Kier alpha value is -0.300. The van der Waals surface area contributed by atoms with Crippen molar-refractivity contribution in [3.8, 4) is 0 Å². The molecule has 0 unspecified atom stereocenters. The molecule has 0 rings (SSSR count). The molecule has 0 aromatic heterocycles. The maximum absolute atomic E-state index is 2.28. The fourth-order valence-corrected chi connectivity index (χ4v) is 0.668. The minimum Gasteiger partial charge on any atom is -0.303 e. The number of allylic oxidation sites excluding steroid dienone is 1. The van der Waals surface area contributed by atoms with Crippen molar-refractivity contribution in [3.63, 3.8) is 0 Å². The van der Waals surface area contributed by atoms with Gasteiger partial charge in [-0.15, -0.1) is 0 Å². The Morgan fingerprint density at radius 3 is 2.40 bits per heavy atom. The van der Waals surface area contributed by atoms with Crippen LogP contribution in [0, 0.1) is 0 Å². The van der Waals surface area contributed by atoms with Crippen LogP contribution >= 0.6 is 0 Å². The van der Waals surface area contributed by atoms with Crippen LogP contribution in [0.2, 0.25) is 0 Å². The second kappa shape index (κ2) is 6.81. The highest BCUT2D eigenvalue weighted by molar-refractivity contribution is 4.83. The Morgan fingerprint density at radius 2 is 1.90 bits per heavy atom. The summed E-state index contributed by atoms with van der Waals surface area (Å²) in [7, 11) is 2.14. The molecule has 0 aromatic rings. The molecule has 0 N–H and O–H groups in total. The van der Waals surface area contributed by atoms with E-state index >= 15 is 0 Å². The first-order valence-corrected chi connectivity index (χ1v) is 4.14. The van der Waals surface area contributed by atoms with Crippen molar-refractivity contribution >= 4 is 0 Å². The minimum absolute atomic E-state index is 1.09. The molecular weight excluding hydrogens is 122 g/mol. The number of nitrogens with zero attached hydrogens (tertiary/aromatic N) is 1. The molecule has 0 bridgehead atoms. The lowest BCUT2D eigenvalue weighted by Crippen LogP contribution is -2.16. The number of hydrogen-bond donors (Lipinski definition) is 0. The maximum Gasteiger partial charge on any atom is 0.0160 e. The summed E-state index contributed by atoms with van der Waals surface area (Å²) in [5, 5.41) is 0. The fraction of sp³-hybridized carbons (Fsp3) is 0.778. The van der Waals surface area contributed by atoms with Crippen LogP contribution in [-0.4, -0.2) is 25.0 Å². The van der Waals surface area contributed by atoms with Crippen molar-refractivity contribution in [1.29, 1.82) is 0 Å². The first kappa shape index (κ1) is 9.70. The lowest BCUT2D eigenvalue weighted by molar-refractivity contribution is 0.392. The van der Waals surface area contributed by atoms with Gasteiger partial charge >= 0.3 is 0 Å². The third kappa shape index (κ3) is 5.83. The lowest BCUT2D eigenvalue weighted by atomic mass is 10.3. The van der Waals surface area contributed by atoms with E-state index in [1.807, 2.05) is 0 Å². The molecule has 10 heavy (non-hydrogen) atoms. The van der Waals surface area contributed by atoms with Gasteiger partial charge in [-0.3, -0.25) is 0 Å². The van der Waals surface area contributed by atoms with Crippen molar-refractivity contribution < 1.29 is 0 Å². The van der Waals surface area contributed by atoms with Crippen molar-refractivity contribution in [2.24, 2.45) is 0 Å². The fourth-order valence-electron chi connectivity index (χ4n) is 0.668. The molecule has 0 aliphatic carbocycles. The van der Waals surface area contributed by atoms with Crippen molar-refractivity contribution in [1.82, 2.24) is 4.90 Å². The number of rotatable bonds is 5. The maximum atomic E-state index is 2.28. The van der Waals surface area contributed by atoms with Crippen LogP contribution in [0.3, 0.4) is 0 Å². The van der Waals surface area contributed by atoms with Crippen LogP contribution in [0.1, 0.15) is 26.7 Å². The standard InChI is InChI=1S/C9H19N/c1-4-6-7-8-9-10(3)5-2/h7-8H,4-6,9H2,1-3H3/b8-7-. The highest BCUT2D eigenvalue weighted by atomic mass is 15.1. The molecule has 0 spiro atoms. The normalized spacial score (nSPS) is 11.6. The van der Waals surface area contributed by atoms with Gasteiger partial charge < -0.3 is 4.90 Å². The van der Waals surface area contributed by atoms with Crippen molar-refractivity contribution in [3.05, 3.63) is 12.2 Å². The Bertz CT molecular complexity index is 86.7. The highest BCUT2D eigenvalue weighted by Gasteiger charge is 1.86. The van der Waals surface area contributed by atoms with Crippen LogP contribution < -0.4 is 0 Å². The Balaban J connectivity index is 3.16. The zero-order valence-corrected chi connectivity index (χ0v) is 7.43. The summed E-state index contributed by atoms with van der Waals surface area (Å²) in [6.45, 7) is 6.61. The number of likely N-dealkylation sites (N-methyl/N-ethyl adjacent to an activating group) is 1. The molecule has 0 aliphatic rings. The van der Waals surface area contributed by atoms with Crippen LogP contribution in [0.5, 0.6) is 0 Å². The SMILES string of the molecule is CCC/C=C\CN(C)CC. The molecule has 0 fully saturated rings. The van der Waals surface area contributed by atoms with Gasteiger partial charge in [-0.2, -0.15) is 0 Å². The molecule has 0 heterocycles. The second-order valence-corrected chi connectivity index (χ2v) is 2.61. The van der Waals surface area contributed by atoms with Gasteiger partial charge in [0.2, 0.25) is 0 Å². The largest absolute Gasteiger partial charge is 0.303 e. The Morgan fingerprint density at radius 1 is 1.20 bits per heavy atom. The second-order valence-electron chi connectivity index (χ2n) is 2.61. The molecule has 0 aromatic carbocycles. The monoisotopic (exact) mass is 141 g/mol. The summed E-state index contributed by atoms with van der Waals surface area (Å²) >= 11 is 0. The smallest absolute Gasteiger partial charge is 0.0160 e. The molecule has 60 valence electrons. The summed E-state index contributed by atoms with van der Waals surface area (Å²) in [6, 6.07) is 0. The van der Waals surface area contributed by atoms with E-state index in [1.165, 1.54) is 12.8 Å². The molecular formula is C9H19N. The predicted molar refractivity (Wildman–Crippen MR) is 47.2 cm³/mol. The first-order valence-electron chi connectivity index (χ1n) is 4.14. The third-order valence-corrected chi connectivity index (χ3v) is 1.58. The molecule has 1 nitrogen and oxygen atoms in total. The van der Waals surface area contributed by atoms with E-state index in [1.54, 1.807) is 0 Å². The third-order valence-electron chi connectivity index (χ3n) is 1.58. The predicted octanol–water partition coefficient (Wildman–Crippen LogP) is 2.29. The number of hydrogen-bond acceptors (Lipinski definition) is 1. The summed E-state index contributed by atoms with van der Waals surface area (Å²) in [6.07, 6.45) is 6.98. The molecule has 0 atom stereocenters. The van der Waals surface area contributed by atoms with E-state index in [9.17, 15) is 0 Å². The van der Waals surface area contributed by atoms with Gasteiger partial charge in [0.05, 0.1) is 0 Å². The summed E-state index contributed by atoms with van der Waals surface area (Å²) < 4.78 is 0. The van der Waals surface area contributed by atoms with Gasteiger partial charge in [0.25, 0.3) is 0 Å². The zero-order valence-electron chi connectivity index (χ0n) is 7.43. The molecule has 0 amide bonds. The van der Waals surface area contributed by atoms with E-state index < -0.39 is 0 Å². The van der Waals surface area contributed by atoms with Gasteiger partial charge in [0.1, 0.15) is 0 Å². The average molecular weight is 141 g/mol. The summed E-state index contributed by atoms with van der Waals surface area (Å²) in [5.74, 6) is 0. The quantitative estimate of drug-likeness (QED) is 0.531. The van der Waals surface area contributed by atoms with Crippen LogP contribution in [0.15, 0.2) is 12.2 Å². The van der Waals surface area contributed by atoms with E-state index in [2.05, 4.69) is 37.9 Å². The van der Waals surface area contributed by atoms with Gasteiger partial charge in [-0.25, -0.2) is 0 Å². The molecule has 0 saturated heterocycles. The van der Waals surface area contributed by atoms with Crippen LogP contribution in [0.4, 0.5) is 0 Å². The van der Waals surface area contributed by atoms with Crippen LogP contribution in [0.25, 0.3) is 0 Å². The molecule has 0 radical (unpaired) electrons.